The molecule has 126 valence electrons. The van der Waals surface area contributed by atoms with Gasteiger partial charge in [-0.05, 0) is 67.6 Å². The van der Waals surface area contributed by atoms with E-state index in [-0.39, 0.29) is 0 Å². The number of rotatable bonds is 5. The normalized spacial score (nSPS) is 15.8. The van der Waals surface area contributed by atoms with Gasteiger partial charge in [0.05, 0.1) is 11.9 Å². The number of hydrogen-bond acceptors (Lipinski definition) is 3. The van der Waals surface area contributed by atoms with Crippen molar-refractivity contribution in [3.63, 3.8) is 0 Å². The smallest absolute Gasteiger partial charge is 0.0564 e. The maximum Gasteiger partial charge on any atom is 0.0564 e. The molecule has 0 bridgehead atoms. The van der Waals surface area contributed by atoms with E-state index in [1.807, 2.05) is 18.0 Å². The summed E-state index contributed by atoms with van der Waals surface area (Å²) >= 11 is 2.04. The van der Waals surface area contributed by atoms with E-state index >= 15 is 0 Å². The molecule has 0 amide bonds. The Balaban J connectivity index is 1.54. The summed E-state index contributed by atoms with van der Waals surface area (Å²) in [6.07, 6.45) is 8.82. The summed E-state index contributed by atoms with van der Waals surface area (Å²) in [5.74, 6) is 0. The second-order valence-electron chi connectivity index (χ2n) is 6.62. The summed E-state index contributed by atoms with van der Waals surface area (Å²) in [4.78, 5) is 1.38. The molecule has 0 spiro atoms. The zero-order chi connectivity index (χ0) is 16.8. The quantitative estimate of drug-likeness (QED) is 0.520. The minimum Gasteiger partial charge on any atom is -0.278 e. The number of nitrogens with zero attached hydrogens (tertiary/aromatic N) is 1. The molecule has 2 aromatic carbocycles. The molecule has 0 aromatic heterocycles. The van der Waals surface area contributed by atoms with Crippen LogP contribution in [0, 0.1) is 13.8 Å². The average molecular weight is 339 g/mol. The van der Waals surface area contributed by atoms with Crippen molar-refractivity contribution in [3.05, 3.63) is 59.2 Å². The highest BCUT2D eigenvalue weighted by Gasteiger charge is 2.14. The Bertz CT molecular complexity index is 685. The first kappa shape index (κ1) is 17.1. The highest BCUT2D eigenvalue weighted by molar-refractivity contribution is 8.00. The monoisotopic (exact) mass is 338 g/mol. The second-order valence-corrected chi connectivity index (χ2v) is 7.99. The number of benzene rings is 2. The van der Waals surface area contributed by atoms with Crippen LogP contribution in [-0.2, 0) is 0 Å². The zero-order valence-electron chi connectivity index (χ0n) is 14.6. The van der Waals surface area contributed by atoms with Gasteiger partial charge in [-0.3, -0.25) is 5.43 Å². The Morgan fingerprint density at radius 1 is 0.958 bits per heavy atom. The Morgan fingerprint density at radius 2 is 1.71 bits per heavy atom. The van der Waals surface area contributed by atoms with Gasteiger partial charge in [0.15, 0.2) is 0 Å². The summed E-state index contributed by atoms with van der Waals surface area (Å²) in [5.41, 5.74) is 7.84. The number of thioether (sulfide) groups is 1. The molecule has 0 saturated heterocycles. The average Bonchev–Trinajstić information content (AvgIpc) is 2.60. The maximum atomic E-state index is 4.35. The SMILES string of the molecule is Cc1ccc(NN=Cc2ccc(SC3CCCCC3)cc2)cc1C. The van der Waals surface area contributed by atoms with Crippen molar-refractivity contribution in [1.82, 2.24) is 0 Å². The highest BCUT2D eigenvalue weighted by Crippen LogP contribution is 2.33. The predicted octanol–water partition coefficient (Wildman–Crippen LogP) is 6.17. The summed E-state index contributed by atoms with van der Waals surface area (Å²) < 4.78 is 0. The topological polar surface area (TPSA) is 24.4 Å². The van der Waals surface area contributed by atoms with Gasteiger partial charge in [-0.25, -0.2) is 0 Å². The number of aryl methyl sites for hydroxylation is 2. The molecule has 3 heteroatoms. The summed E-state index contributed by atoms with van der Waals surface area (Å²) in [7, 11) is 0. The van der Waals surface area contributed by atoms with Crippen molar-refractivity contribution < 1.29 is 0 Å². The number of hydrogen-bond donors (Lipinski definition) is 1. The fourth-order valence-electron chi connectivity index (χ4n) is 3.00. The van der Waals surface area contributed by atoms with E-state index in [9.17, 15) is 0 Å². The van der Waals surface area contributed by atoms with Crippen molar-refractivity contribution in [2.45, 2.75) is 56.1 Å². The third-order valence-electron chi connectivity index (χ3n) is 4.65. The van der Waals surface area contributed by atoms with Crippen LogP contribution in [0.15, 0.2) is 52.5 Å². The summed E-state index contributed by atoms with van der Waals surface area (Å²) in [6.45, 7) is 4.24. The van der Waals surface area contributed by atoms with Crippen LogP contribution in [0.1, 0.15) is 48.8 Å². The van der Waals surface area contributed by atoms with Gasteiger partial charge in [-0.2, -0.15) is 5.10 Å². The first-order valence-corrected chi connectivity index (χ1v) is 9.72. The van der Waals surface area contributed by atoms with Crippen LogP contribution in [0.3, 0.4) is 0 Å². The van der Waals surface area contributed by atoms with E-state index in [1.165, 1.54) is 48.1 Å². The third kappa shape index (κ3) is 4.88. The molecule has 0 heterocycles. The molecule has 0 aliphatic heterocycles. The Labute approximate surface area is 149 Å². The first-order chi connectivity index (χ1) is 11.7. The van der Waals surface area contributed by atoms with Crippen molar-refractivity contribution in [2.75, 3.05) is 5.43 Å². The van der Waals surface area contributed by atoms with Crippen LogP contribution < -0.4 is 5.43 Å². The van der Waals surface area contributed by atoms with Gasteiger partial charge in [0.2, 0.25) is 0 Å². The molecule has 3 rings (SSSR count). The van der Waals surface area contributed by atoms with Crippen LogP contribution in [-0.4, -0.2) is 11.5 Å². The van der Waals surface area contributed by atoms with Crippen molar-refractivity contribution in [3.8, 4) is 0 Å². The molecule has 0 unspecified atom stereocenters. The van der Waals surface area contributed by atoms with Crippen molar-refractivity contribution in [1.29, 1.82) is 0 Å². The molecule has 1 aliphatic carbocycles. The van der Waals surface area contributed by atoms with Crippen LogP contribution in [0.5, 0.6) is 0 Å². The van der Waals surface area contributed by atoms with Gasteiger partial charge in [0.25, 0.3) is 0 Å². The third-order valence-corrected chi connectivity index (χ3v) is 6.00. The number of nitrogens with one attached hydrogen (secondary N) is 1. The Hall–Kier alpha value is -1.74. The predicted molar refractivity (Wildman–Crippen MR) is 106 cm³/mol. The van der Waals surface area contributed by atoms with Gasteiger partial charge in [0, 0.05) is 10.1 Å². The lowest BCUT2D eigenvalue weighted by atomic mass is 10.0. The van der Waals surface area contributed by atoms with E-state index < -0.39 is 0 Å². The lowest BCUT2D eigenvalue weighted by molar-refractivity contribution is 0.516. The lowest BCUT2D eigenvalue weighted by Gasteiger charge is -2.20. The molecular formula is C21H26N2S. The molecule has 2 nitrogen and oxygen atoms in total. The van der Waals surface area contributed by atoms with E-state index in [1.54, 1.807) is 0 Å². The van der Waals surface area contributed by atoms with Crippen LogP contribution >= 0.6 is 11.8 Å². The van der Waals surface area contributed by atoms with Crippen molar-refractivity contribution >= 4 is 23.7 Å². The second kappa shape index (κ2) is 8.39. The van der Waals surface area contributed by atoms with E-state index in [0.29, 0.717) is 0 Å². The largest absolute Gasteiger partial charge is 0.278 e. The van der Waals surface area contributed by atoms with Gasteiger partial charge < -0.3 is 0 Å². The molecule has 1 saturated carbocycles. The molecule has 24 heavy (non-hydrogen) atoms. The lowest BCUT2D eigenvalue weighted by Crippen LogP contribution is -2.07. The van der Waals surface area contributed by atoms with Gasteiger partial charge >= 0.3 is 0 Å². The van der Waals surface area contributed by atoms with Crippen LogP contribution in [0.2, 0.25) is 0 Å². The molecule has 1 aliphatic rings. The van der Waals surface area contributed by atoms with Crippen LogP contribution in [0.4, 0.5) is 5.69 Å². The van der Waals surface area contributed by atoms with Gasteiger partial charge in [0.1, 0.15) is 0 Å². The molecule has 0 radical (unpaired) electrons. The fourth-order valence-corrected chi connectivity index (χ4v) is 4.25. The van der Waals surface area contributed by atoms with E-state index in [2.05, 4.69) is 66.8 Å². The Kier molecular flexibility index (Phi) is 5.97. The van der Waals surface area contributed by atoms with Crippen molar-refractivity contribution in [2.24, 2.45) is 5.10 Å². The highest BCUT2D eigenvalue weighted by atomic mass is 32.2. The van der Waals surface area contributed by atoms with Gasteiger partial charge in [-0.1, -0.05) is 37.5 Å². The fraction of sp³-hybridized carbons (Fsp3) is 0.381. The first-order valence-electron chi connectivity index (χ1n) is 8.84. The van der Waals surface area contributed by atoms with Crippen LogP contribution in [0.25, 0.3) is 0 Å². The summed E-state index contributed by atoms with van der Waals surface area (Å²) in [5, 5.41) is 5.16. The minimum atomic E-state index is 0.810. The molecule has 2 aromatic rings. The molecule has 1 N–H and O–H groups in total. The van der Waals surface area contributed by atoms with E-state index in [4.69, 9.17) is 0 Å². The standard InChI is InChI=1S/C21H26N2S/c1-16-8-11-19(14-17(16)2)23-22-15-18-9-12-21(13-10-18)24-20-6-4-3-5-7-20/h8-15,20,23H,3-7H2,1-2H3. The zero-order valence-corrected chi connectivity index (χ0v) is 15.4. The molecule has 0 atom stereocenters. The molecule has 1 fully saturated rings. The minimum absolute atomic E-state index is 0.810. The van der Waals surface area contributed by atoms with E-state index in [0.717, 1.165) is 16.5 Å². The number of hydrazone groups is 1. The number of anilines is 1. The van der Waals surface area contributed by atoms with Gasteiger partial charge in [-0.15, -0.1) is 11.8 Å². The molecular weight excluding hydrogens is 312 g/mol. The maximum absolute atomic E-state index is 4.35. The Morgan fingerprint density at radius 3 is 2.42 bits per heavy atom. The summed E-state index contributed by atoms with van der Waals surface area (Å²) in [6, 6.07) is 15.0.